The normalized spacial score (nSPS) is 9.88. The van der Waals surface area contributed by atoms with Gasteiger partial charge in [-0.1, -0.05) is 18.1 Å². The van der Waals surface area contributed by atoms with Gasteiger partial charge in [-0.2, -0.15) is 0 Å². The van der Waals surface area contributed by atoms with E-state index in [-0.39, 0.29) is 5.97 Å². The Morgan fingerprint density at radius 2 is 2.06 bits per heavy atom. The van der Waals surface area contributed by atoms with E-state index in [0.29, 0.717) is 12.1 Å². The highest BCUT2D eigenvalue weighted by atomic mass is 16.5. The van der Waals surface area contributed by atoms with E-state index in [1.165, 1.54) is 7.11 Å². The highest BCUT2D eigenvalue weighted by Gasteiger charge is 2.04. The molecule has 0 aliphatic carbocycles. The van der Waals surface area contributed by atoms with Crippen molar-refractivity contribution in [1.29, 1.82) is 0 Å². The lowest BCUT2D eigenvalue weighted by Gasteiger charge is -2.13. The number of methoxy groups -OCH3 is 1. The average molecular weight is 217 g/mol. The second kappa shape index (κ2) is 5.94. The number of ether oxygens (including phenoxy) is 1. The first kappa shape index (κ1) is 12.3. The molecule has 0 fully saturated rings. The number of hydrogen-bond donors (Lipinski definition) is 0. The van der Waals surface area contributed by atoms with E-state index in [4.69, 9.17) is 6.42 Å². The first-order chi connectivity index (χ1) is 7.67. The lowest BCUT2D eigenvalue weighted by Crippen LogP contribution is -2.17. The molecular formula is C13H15NO2. The van der Waals surface area contributed by atoms with Crippen LogP contribution in [0.25, 0.3) is 0 Å². The van der Waals surface area contributed by atoms with E-state index in [2.05, 4.69) is 10.7 Å². The van der Waals surface area contributed by atoms with Gasteiger partial charge in [0.05, 0.1) is 19.2 Å². The van der Waals surface area contributed by atoms with Gasteiger partial charge in [-0.25, -0.2) is 4.79 Å². The Labute approximate surface area is 96.0 Å². The second-order valence-electron chi connectivity index (χ2n) is 3.56. The molecule has 0 aliphatic rings. The second-order valence-corrected chi connectivity index (χ2v) is 3.56. The summed E-state index contributed by atoms with van der Waals surface area (Å²) >= 11 is 0. The smallest absolute Gasteiger partial charge is 0.337 e. The third-order valence-corrected chi connectivity index (χ3v) is 2.19. The van der Waals surface area contributed by atoms with Gasteiger partial charge in [0.25, 0.3) is 0 Å². The summed E-state index contributed by atoms with van der Waals surface area (Å²) in [4.78, 5) is 13.2. The summed E-state index contributed by atoms with van der Waals surface area (Å²) in [5.41, 5.74) is 1.68. The maximum absolute atomic E-state index is 11.2. The molecule has 3 heteroatoms. The summed E-state index contributed by atoms with van der Waals surface area (Å²) in [7, 11) is 3.32. The Morgan fingerprint density at radius 3 is 2.56 bits per heavy atom. The zero-order valence-electron chi connectivity index (χ0n) is 9.56. The van der Waals surface area contributed by atoms with Crippen LogP contribution < -0.4 is 0 Å². The number of nitrogens with zero attached hydrogens (tertiary/aromatic N) is 1. The molecule has 1 aromatic rings. The average Bonchev–Trinajstić information content (AvgIpc) is 2.29. The molecule has 16 heavy (non-hydrogen) atoms. The molecule has 0 heterocycles. The first-order valence-corrected chi connectivity index (χ1v) is 4.96. The van der Waals surface area contributed by atoms with E-state index in [1.807, 2.05) is 24.1 Å². The Morgan fingerprint density at radius 1 is 1.44 bits per heavy atom. The van der Waals surface area contributed by atoms with Gasteiger partial charge >= 0.3 is 5.97 Å². The van der Waals surface area contributed by atoms with Crippen molar-refractivity contribution in [1.82, 2.24) is 4.90 Å². The lowest BCUT2D eigenvalue weighted by atomic mass is 10.1. The minimum absolute atomic E-state index is 0.316. The van der Waals surface area contributed by atoms with E-state index < -0.39 is 0 Å². The third-order valence-electron chi connectivity index (χ3n) is 2.19. The summed E-state index contributed by atoms with van der Waals surface area (Å²) in [6.07, 6.45) is 5.21. The molecule has 0 radical (unpaired) electrons. The van der Waals surface area contributed by atoms with Crippen molar-refractivity contribution in [3.05, 3.63) is 35.4 Å². The number of carbonyl (C=O) groups is 1. The molecule has 0 saturated heterocycles. The van der Waals surface area contributed by atoms with Crippen molar-refractivity contribution >= 4 is 5.97 Å². The summed E-state index contributed by atoms with van der Waals surface area (Å²) in [5, 5.41) is 0. The predicted octanol–water partition coefficient (Wildman–Crippen LogP) is 1.54. The molecule has 0 bridgehead atoms. The van der Waals surface area contributed by atoms with Crippen LogP contribution in [0.5, 0.6) is 0 Å². The molecule has 0 saturated carbocycles. The van der Waals surface area contributed by atoms with Crippen molar-refractivity contribution in [2.45, 2.75) is 6.54 Å². The van der Waals surface area contributed by atoms with Gasteiger partial charge in [-0.05, 0) is 24.7 Å². The Bertz CT molecular complexity index is 389. The van der Waals surface area contributed by atoms with Crippen molar-refractivity contribution in [2.24, 2.45) is 0 Å². The molecule has 84 valence electrons. The van der Waals surface area contributed by atoms with Gasteiger partial charge in [-0.15, -0.1) is 6.42 Å². The molecule has 0 aromatic heterocycles. The summed E-state index contributed by atoms with van der Waals surface area (Å²) in [5.74, 6) is 2.26. The predicted molar refractivity (Wildman–Crippen MR) is 62.9 cm³/mol. The SMILES string of the molecule is C#CCN(C)Cc1ccc(C(=O)OC)cc1. The minimum Gasteiger partial charge on any atom is -0.465 e. The Kier molecular flexibility index (Phi) is 4.56. The Balaban J connectivity index is 2.65. The molecule has 0 spiro atoms. The fourth-order valence-electron chi connectivity index (χ4n) is 1.39. The van der Waals surface area contributed by atoms with Crippen LogP contribution in [0.4, 0.5) is 0 Å². The highest BCUT2D eigenvalue weighted by molar-refractivity contribution is 5.89. The number of carbonyl (C=O) groups excluding carboxylic acids is 1. The zero-order chi connectivity index (χ0) is 12.0. The summed E-state index contributed by atoms with van der Waals surface area (Å²) in [6, 6.07) is 7.31. The van der Waals surface area contributed by atoms with Crippen LogP contribution >= 0.6 is 0 Å². The fourth-order valence-corrected chi connectivity index (χ4v) is 1.39. The largest absolute Gasteiger partial charge is 0.465 e. The van der Waals surface area contributed by atoms with Crippen LogP contribution in [-0.4, -0.2) is 31.6 Å². The molecule has 0 atom stereocenters. The van der Waals surface area contributed by atoms with E-state index in [1.54, 1.807) is 12.1 Å². The molecule has 0 N–H and O–H groups in total. The van der Waals surface area contributed by atoms with E-state index >= 15 is 0 Å². The van der Waals surface area contributed by atoms with Gasteiger partial charge in [0.1, 0.15) is 0 Å². The van der Waals surface area contributed by atoms with Crippen LogP contribution in [0.15, 0.2) is 24.3 Å². The van der Waals surface area contributed by atoms with Gasteiger partial charge in [0.15, 0.2) is 0 Å². The maximum atomic E-state index is 11.2. The third kappa shape index (κ3) is 3.41. The van der Waals surface area contributed by atoms with Gasteiger partial charge in [-0.3, -0.25) is 4.90 Å². The van der Waals surface area contributed by atoms with Crippen molar-refractivity contribution in [2.75, 3.05) is 20.7 Å². The quantitative estimate of drug-likeness (QED) is 0.566. The monoisotopic (exact) mass is 217 g/mol. The zero-order valence-corrected chi connectivity index (χ0v) is 9.56. The van der Waals surface area contributed by atoms with E-state index in [0.717, 1.165) is 12.1 Å². The summed E-state index contributed by atoms with van der Waals surface area (Å²) in [6.45, 7) is 1.38. The molecule has 0 amide bonds. The summed E-state index contributed by atoms with van der Waals surface area (Å²) < 4.78 is 4.62. The lowest BCUT2D eigenvalue weighted by molar-refractivity contribution is 0.0600. The van der Waals surface area contributed by atoms with Gasteiger partial charge < -0.3 is 4.74 Å². The van der Waals surface area contributed by atoms with Gasteiger partial charge in [0, 0.05) is 6.54 Å². The van der Waals surface area contributed by atoms with Crippen LogP contribution in [-0.2, 0) is 11.3 Å². The number of terminal acetylenes is 1. The standard InChI is InChI=1S/C13H15NO2/c1-4-9-14(2)10-11-5-7-12(8-6-11)13(15)16-3/h1,5-8H,9-10H2,2-3H3. The Hall–Kier alpha value is -1.79. The molecule has 1 aromatic carbocycles. The van der Waals surface area contributed by atoms with Crippen molar-refractivity contribution in [3.63, 3.8) is 0 Å². The van der Waals surface area contributed by atoms with Crippen molar-refractivity contribution in [3.8, 4) is 12.3 Å². The van der Waals surface area contributed by atoms with Crippen LogP contribution in [0.1, 0.15) is 15.9 Å². The number of esters is 1. The number of benzene rings is 1. The highest BCUT2D eigenvalue weighted by Crippen LogP contribution is 2.07. The maximum Gasteiger partial charge on any atom is 0.337 e. The molecule has 3 nitrogen and oxygen atoms in total. The molecule has 0 aliphatic heterocycles. The van der Waals surface area contributed by atoms with Gasteiger partial charge in [0.2, 0.25) is 0 Å². The molecule has 1 rings (SSSR count). The fraction of sp³-hybridized carbons (Fsp3) is 0.308. The van der Waals surface area contributed by atoms with Crippen LogP contribution in [0, 0.1) is 12.3 Å². The number of rotatable bonds is 4. The number of hydrogen-bond acceptors (Lipinski definition) is 3. The van der Waals surface area contributed by atoms with Crippen LogP contribution in [0.3, 0.4) is 0 Å². The first-order valence-electron chi connectivity index (χ1n) is 4.96. The molecular weight excluding hydrogens is 202 g/mol. The van der Waals surface area contributed by atoms with Crippen molar-refractivity contribution < 1.29 is 9.53 Å². The van der Waals surface area contributed by atoms with Crippen LogP contribution in [0.2, 0.25) is 0 Å². The minimum atomic E-state index is -0.316. The molecule has 0 unspecified atom stereocenters. The topological polar surface area (TPSA) is 29.5 Å². The van der Waals surface area contributed by atoms with E-state index in [9.17, 15) is 4.79 Å².